The van der Waals surface area contributed by atoms with Gasteiger partial charge in [-0.25, -0.2) is 0 Å². The van der Waals surface area contributed by atoms with Crippen LogP contribution in [-0.4, -0.2) is 29.6 Å². The fourth-order valence-corrected chi connectivity index (χ4v) is 2.50. The lowest BCUT2D eigenvalue weighted by Crippen LogP contribution is -2.26. The molecule has 1 unspecified atom stereocenters. The Morgan fingerprint density at radius 2 is 1.96 bits per heavy atom. The van der Waals surface area contributed by atoms with E-state index < -0.39 is 11.0 Å². The first kappa shape index (κ1) is 19.4. The maximum atomic E-state index is 12.2. The molecule has 26 heavy (non-hydrogen) atoms. The molecule has 0 radical (unpaired) electrons. The van der Waals surface area contributed by atoms with Gasteiger partial charge in [0.1, 0.15) is 5.75 Å². The molecule has 138 valence electrons. The third-order valence-electron chi connectivity index (χ3n) is 3.97. The number of carbonyl (C=O) groups excluding carboxylic acids is 1. The van der Waals surface area contributed by atoms with E-state index in [1.807, 2.05) is 30.3 Å². The molecule has 0 spiro atoms. The number of carbonyl (C=O) groups is 1. The summed E-state index contributed by atoms with van der Waals surface area (Å²) in [6, 6.07) is 13.6. The Morgan fingerprint density at radius 1 is 1.27 bits per heavy atom. The molecule has 0 aromatic heterocycles. The van der Waals surface area contributed by atoms with Crippen molar-refractivity contribution in [3.8, 4) is 5.75 Å². The molecule has 2 aromatic rings. The number of anilines is 1. The molecule has 0 bridgehead atoms. The van der Waals surface area contributed by atoms with Crippen molar-refractivity contribution in [1.29, 1.82) is 0 Å². The molecule has 1 amide bonds. The minimum atomic E-state index is -0.972. The minimum absolute atomic E-state index is 0.0202. The van der Waals surface area contributed by atoms with Gasteiger partial charge in [0.25, 0.3) is 5.69 Å². The molecule has 2 rings (SSSR count). The van der Waals surface area contributed by atoms with E-state index in [1.54, 1.807) is 11.9 Å². The first-order valence-corrected chi connectivity index (χ1v) is 8.31. The van der Waals surface area contributed by atoms with Crippen molar-refractivity contribution < 1.29 is 19.6 Å². The number of benzene rings is 2. The van der Waals surface area contributed by atoms with Crippen LogP contribution in [0.4, 0.5) is 11.4 Å². The molecular weight excluding hydrogens is 336 g/mol. The second-order valence-electron chi connectivity index (χ2n) is 5.89. The summed E-state index contributed by atoms with van der Waals surface area (Å²) >= 11 is 0. The third kappa shape index (κ3) is 5.03. The van der Waals surface area contributed by atoms with Crippen LogP contribution in [0.15, 0.2) is 48.5 Å². The fourth-order valence-electron chi connectivity index (χ4n) is 2.50. The number of aliphatic hydroxyl groups excluding tert-OH is 1. The van der Waals surface area contributed by atoms with Gasteiger partial charge in [-0.15, -0.1) is 0 Å². The van der Waals surface area contributed by atoms with E-state index in [2.05, 4.69) is 0 Å². The fraction of sp³-hybridized carbons (Fsp3) is 0.316. The molecule has 0 fully saturated rings. The number of nitro groups is 1. The van der Waals surface area contributed by atoms with Crippen LogP contribution in [0.25, 0.3) is 0 Å². The van der Waals surface area contributed by atoms with E-state index in [0.717, 1.165) is 5.69 Å². The van der Waals surface area contributed by atoms with Crippen molar-refractivity contribution in [2.45, 2.75) is 25.9 Å². The van der Waals surface area contributed by atoms with Crippen molar-refractivity contribution in [2.75, 3.05) is 18.6 Å². The van der Waals surface area contributed by atoms with Gasteiger partial charge < -0.3 is 14.7 Å². The van der Waals surface area contributed by atoms with Crippen LogP contribution in [0.2, 0.25) is 0 Å². The highest BCUT2D eigenvalue weighted by molar-refractivity contribution is 5.92. The number of nitrogens with zero attached hydrogens (tertiary/aromatic N) is 2. The summed E-state index contributed by atoms with van der Waals surface area (Å²) in [7, 11) is 1.73. The van der Waals surface area contributed by atoms with E-state index in [0.29, 0.717) is 25.2 Å². The Labute approximate surface area is 152 Å². The maximum absolute atomic E-state index is 12.2. The Kier molecular flexibility index (Phi) is 6.68. The molecule has 0 aliphatic carbocycles. The van der Waals surface area contributed by atoms with Crippen LogP contribution in [0, 0.1) is 10.1 Å². The zero-order valence-corrected chi connectivity index (χ0v) is 14.8. The summed E-state index contributed by atoms with van der Waals surface area (Å²) in [5.74, 6) is 0.406. The Bertz CT molecular complexity index is 762. The quantitative estimate of drug-likeness (QED) is 0.443. The van der Waals surface area contributed by atoms with Gasteiger partial charge in [0.15, 0.2) is 0 Å². The summed E-state index contributed by atoms with van der Waals surface area (Å²) in [5, 5.41) is 20.6. The summed E-state index contributed by atoms with van der Waals surface area (Å²) in [6.07, 6.45) is -0.140. The lowest BCUT2D eigenvalue weighted by Gasteiger charge is -2.17. The van der Waals surface area contributed by atoms with Crippen LogP contribution in [0.5, 0.6) is 5.75 Å². The average Bonchev–Trinajstić information content (AvgIpc) is 2.64. The Hall–Kier alpha value is -2.93. The van der Waals surface area contributed by atoms with Gasteiger partial charge in [-0.1, -0.05) is 18.2 Å². The Morgan fingerprint density at radius 3 is 2.58 bits per heavy atom. The van der Waals surface area contributed by atoms with Gasteiger partial charge in [-0.3, -0.25) is 14.9 Å². The third-order valence-corrected chi connectivity index (χ3v) is 3.97. The monoisotopic (exact) mass is 358 g/mol. The number of para-hydroxylation sites is 1. The predicted molar refractivity (Wildman–Crippen MR) is 98.3 cm³/mol. The lowest BCUT2D eigenvalue weighted by atomic mass is 10.1. The van der Waals surface area contributed by atoms with Crippen LogP contribution < -0.4 is 9.64 Å². The second kappa shape index (κ2) is 8.96. The molecule has 0 aliphatic rings. The normalized spacial score (nSPS) is 11.7. The van der Waals surface area contributed by atoms with E-state index in [-0.39, 0.29) is 17.2 Å². The second-order valence-corrected chi connectivity index (χ2v) is 5.89. The van der Waals surface area contributed by atoms with Gasteiger partial charge in [0, 0.05) is 25.2 Å². The van der Waals surface area contributed by atoms with Crippen LogP contribution in [0.3, 0.4) is 0 Å². The van der Waals surface area contributed by atoms with Crippen LogP contribution >= 0.6 is 0 Å². The first-order chi connectivity index (χ1) is 12.4. The maximum Gasteiger partial charge on any atom is 0.275 e. The molecule has 2 aromatic carbocycles. The number of rotatable bonds is 8. The van der Waals surface area contributed by atoms with Gasteiger partial charge in [-0.2, -0.15) is 0 Å². The highest BCUT2D eigenvalue weighted by Gasteiger charge is 2.18. The first-order valence-electron chi connectivity index (χ1n) is 8.31. The predicted octanol–water partition coefficient (Wildman–Crippen LogP) is 3.47. The summed E-state index contributed by atoms with van der Waals surface area (Å²) < 4.78 is 5.56. The molecular formula is C19H22N2O5. The number of aliphatic hydroxyl groups is 1. The molecule has 0 saturated carbocycles. The topological polar surface area (TPSA) is 92.9 Å². The highest BCUT2D eigenvalue weighted by atomic mass is 16.6. The number of hydrogen-bond acceptors (Lipinski definition) is 5. The van der Waals surface area contributed by atoms with Gasteiger partial charge >= 0.3 is 0 Å². The molecule has 1 atom stereocenters. The van der Waals surface area contributed by atoms with Gasteiger partial charge in [-0.05, 0) is 37.6 Å². The molecule has 7 heteroatoms. The summed E-state index contributed by atoms with van der Waals surface area (Å²) in [6.45, 7) is 1.76. The number of ether oxygens (including phenoxy) is 1. The van der Waals surface area contributed by atoms with Gasteiger partial charge in [0.2, 0.25) is 5.91 Å². The Balaban J connectivity index is 1.87. The van der Waals surface area contributed by atoms with E-state index in [4.69, 9.17) is 4.74 Å². The number of hydrogen-bond donors (Lipinski definition) is 1. The SMILES string of the molecule is CC(O)c1cc(OCCCC(=O)N(C)c2ccccc2)ccc1[N+](=O)[O-]. The molecule has 0 heterocycles. The van der Waals surface area contributed by atoms with E-state index in [1.165, 1.54) is 25.1 Å². The lowest BCUT2D eigenvalue weighted by molar-refractivity contribution is -0.386. The van der Waals surface area contributed by atoms with Gasteiger partial charge in [0.05, 0.1) is 23.2 Å². The van der Waals surface area contributed by atoms with Crippen molar-refractivity contribution in [3.05, 3.63) is 64.2 Å². The molecule has 1 N–H and O–H groups in total. The summed E-state index contributed by atoms with van der Waals surface area (Å²) in [5.41, 5.74) is 0.884. The average molecular weight is 358 g/mol. The molecule has 7 nitrogen and oxygen atoms in total. The van der Waals surface area contributed by atoms with E-state index >= 15 is 0 Å². The van der Waals surface area contributed by atoms with Crippen molar-refractivity contribution in [2.24, 2.45) is 0 Å². The highest BCUT2D eigenvalue weighted by Crippen LogP contribution is 2.29. The zero-order valence-electron chi connectivity index (χ0n) is 14.8. The van der Waals surface area contributed by atoms with E-state index in [9.17, 15) is 20.0 Å². The number of amides is 1. The molecule has 0 saturated heterocycles. The standard InChI is InChI=1S/C19H22N2O5/c1-14(22)17-13-16(10-11-18(17)21(24)25)26-12-6-9-19(23)20(2)15-7-4-3-5-8-15/h3-5,7-8,10-11,13-14,22H,6,9,12H2,1-2H3. The van der Waals surface area contributed by atoms with Crippen LogP contribution in [0.1, 0.15) is 31.4 Å². The number of nitro benzene ring substituents is 1. The van der Waals surface area contributed by atoms with Crippen LogP contribution in [-0.2, 0) is 4.79 Å². The van der Waals surface area contributed by atoms with Crippen molar-refractivity contribution >= 4 is 17.3 Å². The van der Waals surface area contributed by atoms with Crippen molar-refractivity contribution in [1.82, 2.24) is 0 Å². The summed E-state index contributed by atoms with van der Waals surface area (Å²) in [4.78, 5) is 24.2. The smallest absolute Gasteiger partial charge is 0.275 e. The zero-order chi connectivity index (χ0) is 19.1. The minimum Gasteiger partial charge on any atom is -0.494 e. The van der Waals surface area contributed by atoms with Crippen molar-refractivity contribution in [3.63, 3.8) is 0 Å². The largest absolute Gasteiger partial charge is 0.494 e. The molecule has 0 aliphatic heterocycles.